The molecule has 4 nitrogen and oxygen atoms in total. The van der Waals surface area contributed by atoms with Crippen molar-refractivity contribution in [2.45, 2.75) is 19.4 Å². The Balaban J connectivity index is 2.63. The molecule has 0 amide bonds. The molecule has 14 heavy (non-hydrogen) atoms. The van der Waals surface area contributed by atoms with Crippen LogP contribution in [0.3, 0.4) is 0 Å². The third-order valence-corrected chi connectivity index (χ3v) is 1.94. The number of nitrogens with zero attached hydrogens (tertiary/aromatic N) is 2. The van der Waals surface area contributed by atoms with Crippen molar-refractivity contribution in [2.75, 3.05) is 11.9 Å². The van der Waals surface area contributed by atoms with Gasteiger partial charge in [-0.25, -0.2) is 0 Å². The molecule has 0 radical (unpaired) electrons. The first-order valence-corrected chi connectivity index (χ1v) is 4.54. The van der Waals surface area contributed by atoms with Gasteiger partial charge in [0.05, 0.1) is 23.6 Å². The zero-order valence-corrected chi connectivity index (χ0v) is 8.07. The summed E-state index contributed by atoms with van der Waals surface area (Å²) < 4.78 is 0. The van der Waals surface area contributed by atoms with Crippen LogP contribution < -0.4 is 5.32 Å². The molecule has 4 heteroatoms. The number of hydrogen-bond acceptors (Lipinski definition) is 4. The van der Waals surface area contributed by atoms with Gasteiger partial charge in [-0.05, 0) is 12.5 Å². The molecule has 1 aromatic heterocycles. The van der Waals surface area contributed by atoms with Crippen LogP contribution in [0.5, 0.6) is 0 Å². The quantitative estimate of drug-likeness (QED) is 0.748. The van der Waals surface area contributed by atoms with Crippen LogP contribution in [0.2, 0.25) is 0 Å². The average Bonchev–Trinajstić information content (AvgIpc) is 2.26. The van der Waals surface area contributed by atoms with Crippen molar-refractivity contribution in [1.82, 2.24) is 4.98 Å². The summed E-state index contributed by atoms with van der Waals surface area (Å²) >= 11 is 0. The van der Waals surface area contributed by atoms with Crippen molar-refractivity contribution in [3.8, 4) is 6.07 Å². The van der Waals surface area contributed by atoms with Crippen molar-refractivity contribution < 1.29 is 5.11 Å². The summed E-state index contributed by atoms with van der Waals surface area (Å²) in [5.41, 5.74) is 1.21. The normalized spacial score (nSPS) is 11.8. The molecule has 0 aliphatic heterocycles. The summed E-state index contributed by atoms with van der Waals surface area (Å²) in [5, 5.41) is 21.1. The number of anilines is 1. The second-order valence-electron chi connectivity index (χ2n) is 2.98. The van der Waals surface area contributed by atoms with Crippen LogP contribution in [0.15, 0.2) is 18.5 Å². The van der Waals surface area contributed by atoms with Gasteiger partial charge in [-0.2, -0.15) is 5.26 Å². The standard InChI is InChI=1S/C10H13N3O/c1-2-9(14)6-13-10-7-12-4-3-8(10)5-11/h3-4,7,9,13-14H,2,6H2,1H3. The molecule has 0 fully saturated rings. The predicted octanol–water partition coefficient (Wildman–Crippen LogP) is 1.14. The van der Waals surface area contributed by atoms with E-state index in [4.69, 9.17) is 5.26 Å². The average molecular weight is 191 g/mol. The minimum Gasteiger partial charge on any atom is -0.391 e. The summed E-state index contributed by atoms with van der Waals surface area (Å²) in [6.07, 6.45) is 3.46. The Morgan fingerprint density at radius 3 is 3.14 bits per heavy atom. The fourth-order valence-corrected chi connectivity index (χ4v) is 1.00. The van der Waals surface area contributed by atoms with Gasteiger partial charge in [-0.15, -0.1) is 0 Å². The molecule has 0 bridgehead atoms. The maximum atomic E-state index is 9.32. The van der Waals surface area contributed by atoms with E-state index in [9.17, 15) is 5.11 Å². The van der Waals surface area contributed by atoms with E-state index in [1.165, 1.54) is 0 Å². The lowest BCUT2D eigenvalue weighted by atomic mass is 10.2. The number of aliphatic hydroxyl groups is 1. The van der Waals surface area contributed by atoms with E-state index < -0.39 is 0 Å². The van der Waals surface area contributed by atoms with E-state index in [1.54, 1.807) is 18.5 Å². The highest BCUT2D eigenvalue weighted by Gasteiger charge is 2.03. The number of pyridine rings is 1. The number of hydrogen-bond donors (Lipinski definition) is 2. The lowest BCUT2D eigenvalue weighted by molar-refractivity contribution is 0.183. The Bertz CT molecular complexity index is 332. The van der Waals surface area contributed by atoms with Gasteiger partial charge in [-0.3, -0.25) is 4.98 Å². The van der Waals surface area contributed by atoms with Gasteiger partial charge < -0.3 is 10.4 Å². The molecule has 74 valence electrons. The Kier molecular flexibility index (Phi) is 3.89. The summed E-state index contributed by atoms with van der Waals surface area (Å²) in [7, 11) is 0. The van der Waals surface area contributed by atoms with Crippen molar-refractivity contribution in [2.24, 2.45) is 0 Å². The Hall–Kier alpha value is -1.60. The third kappa shape index (κ3) is 2.71. The second kappa shape index (κ2) is 5.20. The largest absolute Gasteiger partial charge is 0.391 e. The molecule has 0 aromatic carbocycles. The first-order chi connectivity index (χ1) is 6.77. The molecule has 1 heterocycles. The van der Waals surface area contributed by atoms with E-state index in [0.29, 0.717) is 24.2 Å². The molecule has 0 aliphatic rings. The monoisotopic (exact) mass is 191 g/mol. The molecule has 2 N–H and O–H groups in total. The first kappa shape index (κ1) is 10.5. The molecule has 1 rings (SSSR count). The van der Waals surface area contributed by atoms with Crippen LogP contribution in [0.4, 0.5) is 5.69 Å². The Labute approximate surface area is 83.2 Å². The number of aromatic nitrogens is 1. The maximum Gasteiger partial charge on any atom is 0.101 e. The SMILES string of the molecule is CCC(O)CNc1cnccc1C#N. The van der Waals surface area contributed by atoms with Crippen LogP contribution in [0, 0.1) is 11.3 Å². The van der Waals surface area contributed by atoms with Crippen LogP contribution in [0.25, 0.3) is 0 Å². The topological polar surface area (TPSA) is 68.9 Å². The number of nitrogens with one attached hydrogen (secondary N) is 1. The molecule has 1 atom stereocenters. The molecule has 0 saturated carbocycles. The van der Waals surface area contributed by atoms with E-state index >= 15 is 0 Å². The minimum absolute atomic E-state index is 0.387. The van der Waals surface area contributed by atoms with Crippen LogP contribution in [0.1, 0.15) is 18.9 Å². The van der Waals surface area contributed by atoms with Gasteiger partial charge in [0.15, 0.2) is 0 Å². The highest BCUT2D eigenvalue weighted by molar-refractivity contribution is 5.55. The van der Waals surface area contributed by atoms with Gasteiger partial charge in [-0.1, -0.05) is 6.92 Å². The molecule has 1 aromatic rings. The molecular formula is C10H13N3O. The van der Waals surface area contributed by atoms with E-state index in [1.807, 2.05) is 6.92 Å². The molecular weight excluding hydrogens is 178 g/mol. The lowest BCUT2D eigenvalue weighted by Crippen LogP contribution is -2.18. The third-order valence-electron chi connectivity index (χ3n) is 1.94. The fraction of sp³-hybridized carbons (Fsp3) is 0.400. The zero-order valence-electron chi connectivity index (χ0n) is 8.07. The second-order valence-corrected chi connectivity index (χ2v) is 2.98. The Morgan fingerprint density at radius 1 is 1.71 bits per heavy atom. The molecule has 0 spiro atoms. The highest BCUT2D eigenvalue weighted by atomic mass is 16.3. The van der Waals surface area contributed by atoms with Crippen LogP contribution in [-0.4, -0.2) is 22.7 Å². The number of aliphatic hydroxyl groups excluding tert-OH is 1. The van der Waals surface area contributed by atoms with Crippen LogP contribution >= 0.6 is 0 Å². The van der Waals surface area contributed by atoms with Gasteiger partial charge in [0.25, 0.3) is 0 Å². The van der Waals surface area contributed by atoms with Gasteiger partial charge in [0, 0.05) is 12.7 Å². The first-order valence-electron chi connectivity index (χ1n) is 4.54. The molecule has 0 saturated heterocycles. The highest BCUT2D eigenvalue weighted by Crippen LogP contribution is 2.11. The smallest absolute Gasteiger partial charge is 0.101 e. The zero-order chi connectivity index (χ0) is 10.4. The molecule has 1 unspecified atom stereocenters. The summed E-state index contributed by atoms with van der Waals surface area (Å²) in [6.45, 7) is 2.34. The van der Waals surface area contributed by atoms with E-state index in [0.717, 1.165) is 0 Å². The number of nitriles is 1. The summed E-state index contributed by atoms with van der Waals surface area (Å²) in [6, 6.07) is 3.69. The minimum atomic E-state index is -0.387. The summed E-state index contributed by atoms with van der Waals surface area (Å²) in [4.78, 5) is 3.90. The van der Waals surface area contributed by atoms with Crippen molar-refractivity contribution >= 4 is 5.69 Å². The van der Waals surface area contributed by atoms with Crippen molar-refractivity contribution in [3.05, 3.63) is 24.0 Å². The van der Waals surface area contributed by atoms with Gasteiger partial charge in [0.1, 0.15) is 6.07 Å². The maximum absolute atomic E-state index is 9.32. The Morgan fingerprint density at radius 2 is 2.50 bits per heavy atom. The van der Waals surface area contributed by atoms with E-state index in [2.05, 4.69) is 16.4 Å². The van der Waals surface area contributed by atoms with Crippen LogP contribution in [-0.2, 0) is 0 Å². The summed E-state index contributed by atoms with van der Waals surface area (Å²) in [5.74, 6) is 0. The predicted molar refractivity (Wildman–Crippen MR) is 53.7 cm³/mol. The van der Waals surface area contributed by atoms with Crippen molar-refractivity contribution in [3.63, 3.8) is 0 Å². The van der Waals surface area contributed by atoms with Gasteiger partial charge in [0.2, 0.25) is 0 Å². The van der Waals surface area contributed by atoms with Gasteiger partial charge >= 0.3 is 0 Å². The lowest BCUT2D eigenvalue weighted by Gasteiger charge is -2.10. The fourth-order valence-electron chi connectivity index (χ4n) is 1.00. The van der Waals surface area contributed by atoms with Crippen molar-refractivity contribution in [1.29, 1.82) is 5.26 Å². The van der Waals surface area contributed by atoms with E-state index in [-0.39, 0.29) is 6.10 Å². The molecule has 0 aliphatic carbocycles. The number of rotatable bonds is 4.